The lowest BCUT2D eigenvalue weighted by Crippen LogP contribution is -2.42. The van der Waals surface area contributed by atoms with Crippen molar-refractivity contribution in [2.45, 2.75) is 34.1 Å². The number of piperidine rings is 1. The molecule has 2 unspecified atom stereocenters. The second-order valence-electron chi connectivity index (χ2n) is 8.41. The summed E-state index contributed by atoms with van der Waals surface area (Å²) in [7, 11) is -3.68. The molecule has 0 bridgehead atoms. The number of hydrogen-bond acceptors (Lipinski definition) is 4. The quantitative estimate of drug-likeness (QED) is 0.792. The van der Waals surface area contributed by atoms with Crippen LogP contribution < -0.4 is 4.31 Å². The lowest BCUT2D eigenvalue weighted by molar-refractivity contribution is -0.123. The smallest absolute Gasteiger partial charge is 0.253 e. The Hall–Kier alpha value is -1.89. The Balaban J connectivity index is 1.83. The van der Waals surface area contributed by atoms with Crippen molar-refractivity contribution in [3.05, 3.63) is 29.8 Å². The average molecular weight is 378 g/mol. The summed E-state index contributed by atoms with van der Waals surface area (Å²) in [5.41, 5.74) is -0.135. The standard InChI is InChI=1S/C19H26N2O4S/c1-13-9-14(2)11-20(10-13)17(22)15-5-7-16(8-6-15)21-18(23)19(3,4)12-26(21,24)25/h5-8,13-14H,9-12H2,1-4H3. The maximum Gasteiger partial charge on any atom is 0.253 e. The van der Waals surface area contributed by atoms with Crippen LogP contribution in [0.15, 0.2) is 24.3 Å². The van der Waals surface area contributed by atoms with Gasteiger partial charge in [-0.25, -0.2) is 12.7 Å². The van der Waals surface area contributed by atoms with Crippen LogP contribution in [0.4, 0.5) is 5.69 Å². The van der Waals surface area contributed by atoms with Crippen LogP contribution >= 0.6 is 0 Å². The summed E-state index contributed by atoms with van der Waals surface area (Å²) in [6.07, 6.45) is 1.12. The second kappa shape index (κ2) is 6.37. The molecule has 0 spiro atoms. The van der Waals surface area contributed by atoms with E-state index in [0.717, 1.165) is 23.8 Å². The van der Waals surface area contributed by atoms with E-state index in [1.807, 2.05) is 4.90 Å². The Morgan fingerprint density at radius 2 is 1.62 bits per heavy atom. The highest BCUT2D eigenvalue weighted by molar-refractivity contribution is 7.94. The fourth-order valence-electron chi connectivity index (χ4n) is 4.01. The van der Waals surface area contributed by atoms with Gasteiger partial charge in [-0.1, -0.05) is 13.8 Å². The molecule has 2 amide bonds. The molecular formula is C19H26N2O4S. The molecule has 2 aliphatic rings. The molecule has 2 atom stereocenters. The van der Waals surface area contributed by atoms with Gasteiger partial charge in [0.15, 0.2) is 0 Å². The van der Waals surface area contributed by atoms with Crippen LogP contribution in [-0.4, -0.2) is 44.0 Å². The maximum absolute atomic E-state index is 12.7. The first-order valence-electron chi connectivity index (χ1n) is 8.98. The van der Waals surface area contributed by atoms with Crippen molar-refractivity contribution >= 4 is 27.5 Å². The van der Waals surface area contributed by atoms with E-state index in [4.69, 9.17) is 0 Å². The molecule has 2 fully saturated rings. The van der Waals surface area contributed by atoms with Gasteiger partial charge in [0.05, 0.1) is 16.9 Å². The van der Waals surface area contributed by atoms with Crippen molar-refractivity contribution in [1.29, 1.82) is 0 Å². The molecule has 0 aromatic heterocycles. The molecule has 142 valence electrons. The number of hydrogen-bond donors (Lipinski definition) is 0. The van der Waals surface area contributed by atoms with Crippen molar-refractivity contribution in [3.8, 4) is 0 Å². The zero-order valence-corrected chi connectivity index (χ0v) is 16.5. The number of sulfonamides is 1. The van der Waals surface area contributed by atoms with Crippen LogP contribution in [0.1, 0.15) is 44.5 Å². The highest BCUT2D eigenvalue weighted by Crippen LogP contribution is 2.35. The lowest BCUT2D eigenvalue weighted by atomic mass is 9.91. The Labute approximate surface area is 155 Å². The third kappa shape index (κ3) is 3.37. The fourth-order valence-corrected chi connectivity index (χ4v) is 6.12. The number of benzene rings is 1. The summed E-state index contributed by atoms with van der Waals surface area (Å²) in [6.45, 7) is 9.01. The summed E-state index contributed by atoms with van der Waals surface area (Å²) in [5, 5.41) is 0. The predicted octanol–water partition coefficient (Wildman–Crippen LogP) is 2.51. The van der Waals surface area contributed by atoms with E-state index < -0.39 is 21.3 Å². The monoisotopic (exact) mass is 378 g/mol. The zero-order chi connectivity index (χ0) is 19.3. The molecule has 2 aliphatic heterocycles. The first-order valence-corrected chi connectivity index (χ1v) is 10.6. The molecule has 0 N–H and O–H groups in total. The molecule has 0 saturated carbocycles. The number of nitrogens with zero attached hydrogens (tertiary/aromatic N) is 2. The first-order chi connectivity index (χ1) is 12.0. The molecule has 26 heavy (non-hydrogen) atoms. The van der Waals surface area contributed by atoms with Gasteiger partial charge in [0.2, 0.25) is 15.9 Å². The van der Waals surface area contributed by atoms with Crippen molar-refractivity contribution in [1.82, 2.24) is 4.90 Å². The van der Waals surface area contributed by atoms with Crippen LogP contribution in [0.2, 0.25) is 0 Å². The molecule has 1 aromatic rings. The minimum absolute atomic E-state index is 0.0501. The van der Waals surface area contributed by atoms with Gasteiger partial charge in [0.25, 0.3) is 5.91 Å². The third-order valence-electron chi connectivity index (χ3n) is 5.09. The van der Waals surface area contributed by atoms with Gasteiger partial charge < -0.3 is 4.90 Å². The number of anilines is 1. The average Bonchev–Trinajstić information content (AvgIpc) is 2.69. The summed E-state index contributed by atoms with van der Waals surface area (Å²) < 4.78 is 25.6. The molecule has 6 nitrogen and oxygen atoms in total. The molecule has 2 saturated heterocycles. The van der Waals surface area contributed by atoms with E-state index in [9.17, 15) is 18.0 Å². The Morgan fingerprint density at radius 1 is 1.08 bits per heavy atom. The Kier molecular flexibility index (Phi) is 4.63. The number of carbonyl (C=O) groups is 2. The van der Waals surface area contributed by atoms with Gasteiger partial charge in [-0.3, -0.25) is 9.59 Å². The van der Waals surface area contributed by atoms with Gasteiger partial charge >= 0.3 is 0 Å². The predicted molar refractivity (Wildman–Crippen MR) is 100 cm³/mol. The summed E-state index contributed by atoms with van der Waals surface area (Å²) >= 11 is 0. The van der Waals surface area contributed by atoms with E-state index in [0.29, 0.717) is 17.4 Å². The SMILES string of the molecule is CC1CC(C)CN(C(=O)c2ccc(N3C(=O)C(C)(C)CS3(=O)=O)cc2)C1. The van der Waals surface area contributed by atoms with E-state index in [1.165, 1.54) is 0 Å². The third-order valence-corrected chi connectivity index (χ3v) is 7.11. The highest BCUT2D eigenvalue weighted by Gasteiger charge is 2.49. The summed E-state index contributed by atoms with van der Waals surface area (Å²) in [4.78, 5) is 27.1. The number of likely N-dealkylation sites (tertiary alicyclic amines) is 1. The molecule has 3 rings (SSSR count). The van der Waals surface area contributed by atoms with Gasteiger partial charge in [-0.15, -0.1) is 0 Å². The van der Waals surface area contributed by atoms with E-state index in [-0.39, 0.29) is 17.3 Å². The minimum atomic E-state index is -3.68. The van der Waals surface area contributed by atoms with Gasteiger partial charge in [0.1, 0.15) is 0 Å². The molecule has 1 aromatic carbocycles. The molecule has 0 aliphatic carbocycles. The van der Waals surface area contributed by atoms with E-state index in [1.54, 1.807) is 38.1 Å². The van der Waals surface area contributed by atoms with E-state index >= 15 is 0 Å². The van der Waals surface area contributed by atoms with Gasteiger partial charge in [-0.2, -0.15) is 0 Å². The second-order valence-corrected chi connectivity index (χ2v) is 10.2. The van der Waals surface area contributed by atoms with Crippen LogP contribution in [0, 0.1) is 17.3 Å². The normalized spacial score (nSPS) is 27.6. The molecular weight excluding hydrogens is 352 g/mol. The molecule has 0 radical (unpaired) electrons. The summed E-state index contributed by atoms with van der Waals surface area (Å²) in [5.74, 6) is 0.248. The zero-order valence-electron chi connectivity index (χ0n) is 15.7. The maximum atomic E-state index is 12.7. The fraction of sp³-hybridized carbons (Fsp3) is 0.579. The van der Waals surface area contributed by atoms with Crippen LogP contribution in [0.25, 0.3) is 0 Å². The highest BCUT2D eigenvalue weighted by atomic mass is 32.2. The van der Waals surface area contributed by atoms with Crippen LogP contribution in [0.3, 0.4) is 0 Å². The topological polar surface area (TPSA) is 74.8 Å². The first kappa shape index (κ1) is 18.9. The van der Waals surface area contributed by atoms with Gasteiger partial charge in [0, 0.05) is 18.7 Å². The number of amides is 2. The molecule has 2 heterocycles. The number of carbonyl (C=O) groups excluding carboxylic acids is 2. The van der Waals surface area contributed by atoms with Crippen molar-refractivity contribution in [3.63, 3.8) is 0 Å². The van der Waals surface area contributed by atoms with Crippen molar-refractivity contribution in [2.75, 3.05) is 23.1 Å². The Bertz CT molecular complexity index is 820. The lowest BCUT2D eigenvalue weighted by Gasteiger charge is -2.35. The van der Waals surface area contributed by atoms with E-state index in [2.05, 4.69) is 13.8 Å². The summed E-state index contributed by atoms with van der Waals surface area (Å²) in [6, 6.07) is 6.30. The van der Waals surface area contributed by atoms with Crippen molar-refractivity contribution in [2.24, 2.45) is 17.3 Å². The minimum Gasteiger partial charge on any atom is -0.338 e. The van der Waals surface area contributed by atoms with Crippen LogP contribution in [-0.2, 0) is 14.8 Å². The Morgan fingerprint density at radius 3 is 2.08 bits per heavy atom. The van der Waals surface area contributed by atoms with Crippen molar-refractivity contribution < 1.29 is 18.0 Å². The molecule has 7 heteroatoms. The van der Waals surface area contributed by atoms with Crippen LogP contribution in [0.5, 0.6) is 0 Å². The van der Waals surface area contributed by atoms with Gasteiger partial charge in [-0.05, 0) is 56.4 Å². The largest absolute Gasteiger partial charge is 0.338 e. The number of rotatable bonds is 2.